The molecule has 0 aliphatic rings. The number of nitrogens with zero attached hydrogens (tertiary/aromatic N) is 3. The standard InChI is InChI=1S/C24H21F4N5OS/c1-13-10-15(6-7-16(13)22(29)34)19-12-31-23-18(30-9-8-24(26,27)28)11-21(32-33(19)23)35-20-5-3-4-17(25)14(20)2/h3-7,10-12,30H,8-9H2,1-2H3,(H2,29,34). The number of alkyl halides is 3. The third-order valence-electron chi connectivity index (χ3n) is 5.39. The molecule has 0 saturated carbocycles. The van der Waals surface area contributed by atoms with Crippen molar-refractivity contribution in [1.82, 2.24) is 14.6 Å². The summed E-state index contributed by atoms with van der Waals surface area (Å²) in [4.78, 5) is 16.6. The van der Waals surface area contributed by atoms with Crippen molar-refractivity contribution < 1.29 is 22.4 Å². The maximum atomic E-state index is 14.1. The van der Waals surface area contributed by atoms with E-state index in [2.05, 4.69) is 15.4 Å². The number of anilines is 1. The Bertz CT molecular complexity index is 1420. The second kappa shape index (κ2) is 9.57. The second-order valence-corrected chi connectivity index (χ2v) is 8.99. The minimum atomic E-state index is -4.31. The Morgan fingerprint density at radius 1 is 1.17 bits per heavy atom. The van der Waals surface area contributed by atoms with E-state index < -0.39 is 18.5 Å². The molecule has 182 valence electrons. The second-order valence-electron chi connectivity index (χ2n) is 7.93. The quantitative estimate of drug-likeness (QED) is 0.313. The van der Waals surface area contributed by atoms with Gasteiger partial charge in [0.25, 0.3) is 0 Å². The predicted molar refractivity (Wildman–Crippen MR) is 126 cm³/mol. The van der Waals surface area contributed by atoms with Gasteiger partial charge in [-0.3, -0.25) is 4.79 Å². The molecular formula is C24H21F4N5OS. The summed E-state index contributed by atoms with van der Waals surface area (Å²) in [5.74, 6) is -0.918. The lowest BCUT2D eigenvalue weighted by molar-refractivity contribution is -0.131. The smallest absolute Gasteiger partial charge is 0.382 e. The van der Waals surface area contributed by atoms with E-state index in [1.807, 2.05) is 0 Å². The molecule has 3 N–H and O–H groups in total. The fraction of sp³-hybridized carbons (Fsp3) is 0.208. The molecule has 0 atom stereocenters. The number of carbonyl (C=O) groups is 1. The van der Waals surface area contributed by atoms with E-state index in [0.717, 1.165) is 0 Å². The number of primary amides is 1. The molecule has 0 bridgehead atoms. The Morgan fingerprint density at radius 3 is 2.63 bits per heavy atom. The summed E-state index contributed by atoms with van der Waals surface area (Å²) in [5.41, 5.74) is 8.83. The average molecular weight is 504 g/mol. The number of imidazole rings is 1. The highest BCUT2D eigenvalue weighted by molar-refractivity contribution is 7.99. The molecule has 0 fully saturated rings. The van der Waals surface area contributed by atoms with Crippen LogP contribution in [0.15, 0.2) is 58.6 Å². The van der Waals surface area contributed by atoms with Crippen LogP contribution in [0.5, 0.6) is 0 Å². The van der Waals surface area contributed by atoms with E-state index >= 15 is 0 Å². The Balaban J connectivity index is 1.80. The molecule has 2 aromatic carbocycles. The van der Waals surface area contributed by atoms with Gasteiger partial charge in [-0.15, -0.1) is 0 Å². The Morgan fingerprint density at radius 2 is 1.94 bits per heavy atom. The Hall–Kier alpha value is -3.60. The molecule has 0 saturated heterocycles. The van der Waals surface area contributed by atoms with Gasteiger partial charge in [0.2, 0.25) is 5.91 Å². The maximum absolute atomic E-state index is 14.1. The van der Waals surface area contributed by atoms with Crippen LogP contribution in [-0.4, -0.2) is 33.2 Å². The SMILES string of the molecule is Cc1cc(-c2cnc3c(NCCC(F)(F)F)cc(Sc4cccc(F)c4C)nn23)ccc1C(N)=O. The summed E-state index contributed by atoms with van der Waals surface area (Å²) in [6.45, 7) is 3.05. The molecular weight excluding hydrogens is 482 g/mol. The van der Waals surface area contributed by atoms with E-state index in [-0.39, 0.29) is 12.4 Å². The monoisotopic (exact) mass is 503 g/mol. The Kier molecular flexibility index (Phi) is 6.70. The summed E-state index contributed by atoms with van der Waals surface area (Å²) in [7, 11) is 0. The van der Waals surface area contributed by atoms with Gasteiger partial charge in [0.15, 0.2) is 5.65 Å². The van der Waals surface area contributed by atoms with Crippen molar-refractivity contribution >= 4 is 29.0 Å². The molecule has 0 radical (unpaired) electrons. The molecule has 1 amide bonds. The van der Waals surface area contributed by atoms with Gasteiger partial charge in [0.1, 0.15) is 10.8 Å². The van der Waals surface area contributed by atoms with E-state index in [1.165, 1.54) is 22.3 Å². The van der Waals surface area contributed by atoms with E-state index in [9.17, 15) is 22.4 Å². The summed E-state index contributed by atoms with van der Waals surface area (Å²) in [5, 5.41) is 7.86. The van der Waals surface area contributed by atoms with Crippen molar-refractivity contribution in [1.29, 1.82) is 0 Å². The lowest BCUT2D eigenvalue weighted by Crippen LogP contribution is -2.15. The largest absolute Gasteiger partial charge is 0.390 e. The zero-order valence-corrected chi connectivity index (χ0v) is 19.6. The minimum absolute atomic E-state index is 0.333. The topological polar surface area (TPSA) is 85.3 Å². The highest BCUT2D eigenvalue weighted by Gasteiger charge is 2.26. The molecule has 0 unspecified atom stereocenters. The summed E-state index contributed by atoms with van der Waals surface area (Å²) in [6, 6.07) is 11.3. The van der Waals surface area contributed by atoms with E-state index in [0.29, 0.717) is 49.2 Å². The van der Waals surface area contributed by atoms with Gasteiger partial charge in [-0.05, 0) is 55.3 Å². The van der Waals surface area contributed by atoms with Crippen LogP contribution in [0.4, 0.5) is 23.2 Å². The first-order valence-corrected chi connectivity index (χ1v) is 11.4. The summed E-state index contributed by atoms with van der Waals surface area (Å²) < 4.78 is 53.8. The molecule has 6 nitrogen and oxygen atoms in total. The number of hydrogen-bond acceptors (Lipinski definition) is 5. The van der Waals surface area contributed by atoms with Crippen LogP contribution in [0.2, 0.25) is 0 Å². The van der Waals surface area contributed by atoms with Crippen LogP contribution >= 0.6 is 11.8 Å². The number of nitrogens with one attached hydrogen (secondary N) is 1. The number of nitrogens with two attached hydrogens (primary N) is 1. The van der Waals surface area contributed by atoms with Crippen molar-refractivity contribution in [3.8, 4) is 11.3 Å². The number of halogens is 4. The van der Waals surface area contributed by atoms with Crippen LogP contribution in [0.1, 0.15) is 27.9 Å². The van der Waals surface area contributed by atoms with Gasteiger partial charge < -0.3 is 11.1 Å². The number of benzene rings is 2. The highest BCUT2D eigenvalue weighted by Crippen LogP contribution is 2.34. The van der Waals surface area contributed by atoms with Crippen LogP contribution in [0.25, 0.3) is 16.9 Å². The lowest BCUT2D eigenvalue weighted by Gasteiger charge is -2.13. The number of aromatic nitrogens is 3. The fourth-order valence-electron chi connectivity index (χ4n) is 3.57. The number of aryl methyl sites for hydroxylation is 1. The molecule has 4 rings (SSSR count). The number of fused-ring (bicyclic) bond motifs is 1. The average Bonchev–Trinajstić information content (AvgIpc) is 3.20. The Labute approximate surface area is 202 Å². The molecule has 0 aliphatic heterocycles. The van der Waals surface area contributed by atoms with Crippen LogP contribution in [0, 0.1) is 19.7 Å². The number of amides is 1. The number of carbonyl (C=O) groups excluding carboxylic acids is 1. The van der Waals surface area contributed by atoms with Crippen molar-refractivity contribution in [3.63, 3.8) is 0 Å². The van der Waals surface area contributed by atoms with Gasteiger partial charge in [0.05, 0.1) is 24.0 Å². The summed E-state index contributed by atoms with van der Waals surface area (Å²) in [6.07, 6.45) is -3.78. The first-order valence-electron chi connectivity index (χ1n) is 10.6. The first kappa shape index (κ1) is 24.5. The normalized spacial score (nSPS) is 11.7. The molecule has 2 aromatic heterocycles. The zero-order valence-electron chi connectivity index (χ0n) is 18.8. The fourth-order valence-corrected chi connectivity index (χ4v) is 4.49. The highest BCUT2D eigenvalue weighted by atomic mass is 32.2. The van der Waals surface area contributed by atoms with Gasteiger partial charge in [-0.25, -0.2) is 13.9 Å². The first-order chi connectivity index (χ1) is 16.5. The van der Waals surface area contributed by atoms with Crippen LogP contribution in [0.3, 0.4) is 0 Å². The number of rotatable bonds is 7. The predicted octanol–water partition coefficient (Wildman–Crippen LogP) is 5.77. The molecule has 11 heteroatoms. The molecule has 0 aliphatic carbocycles. The summed E-state index contributed by atoms with van der Waals surface area (Å²) >= 11 is 1.19. The van der Waals surface area contributed by atoms with Crippen molar-refractivity contribution in [2.24, 2.45) is 5.73 Å². The van der Waals surface area contributed by atoms with E-state index in [1.54, 1.807) is 56.4 Å². The minimum Gasteiger partial charge on any atom is -0.382 e. The lowest BCUT2D eigenvalue weighted by atomic mass is 10.0. The maximum Gasteiger partial charge on any atom is 0.390 e. The zero-order chi connectivity index (χ0) is 25.3. The van der Waals surface area contributed by atoms with Gasteiger partial charge in [0, 0.05) is 22.6 Å². The number of hydrogen-bond donors (Lipinski definition) is 2. The van der Waals surface area contributed by atoms with Crippen LogP contribution < -0.4 is 11.1 Å². The molecule has 35 heavy (non-hydrogen) atoms. The van der Waals surface area contributed by atoms with Gasteiger partial charge in [-0.1, -0.05) is 23.9 Å². The van der Waals surface area contributed by atoms with Crippen LogP contribution in [-0.2, 0) is 0 Å². The third kappa shape index (κ3) is 5.40. The van der Waals surface area contributed by atoms with Gasteiger partial charge >= 0.3 is 6.18 Å². The molecule has 0 spiro atoms. The van der Waals surface area contributed by atoms with Gasteiger partial charge in [-0.2, -0.15) is 18.3 Å². The third-order valence-corrected chi connectivity index (χ3v) is 6.46. The van der Waals surface area contributed by atoms with Crippen molar-refractivity contribution in [2.45, 2.75) is 36.4 Å². The van der Waals surface area contributed by atoms with Crippen molar-refractivity contribution in [3.05, 3.63) is 71.2 Å². The van der Waals surface area contributed by atoms with Crippen molar-refractivity contribution in [2.75, 3.05) is 11.9 Å². The molecule has 4 aromatic rings. The molecule has 2 heterocycles. The van der Waals surface area contributed by atoms with E-state index in [4.69, 9.17) is 5.73 Å².